The molecule has 0 rings (SSSR count). The molecule has 4 heteroatoms. The van der Waals surface area contributed by atoms with Gasteiger partial charge in [-0.25, -0.2) is 0 Å². The zero-order valence-corrected chi connectivity index (χ0v) is 8.38. The maximum atomic E-state index is 7.00. The first-order chi connectivity index (χ1) is 5.12. The van der Waals surface area contributed by atoms with Crippen molar-refractivity contribution < 1.29 is 16.9 Å². The SMILES string of the molecule is C=CC[N+](C)(C)CC=C.O=O.[Cl-]. The first-order valence-electron chi connectivity index (χ1n) is 3.33. The van der Waals surface area contributed by atoms with E-state index in [1.165, 1.54) is 0 Å². The summed E-state index contributed by atoms with van der Waals surface area (Å²) < 4.78 is 0.951. The Kier molecular flexibility index (Phi) is 15.0. The van der Waals surface area contributed by atoms with Crippen molar-refractivity contribution in [2.45, 2.75) is 0 Å². The molecule has 0 aliphatic carbocycles. The number of nitrogens with zero attached hydrogens (tertiary/aromatic N) is 1. The van der Waals surface area contributed by atoms with E-state index in [4.69, 9.17) is 9.93 Å². The molecule has 0 bridgehead atoms. The zero-order chi connectivity index (χ0) is 9.33. The molecule has 0 aromatic heterocycles. The van der Waals surface area contributed by atoms with Crippen LogP contribution in [0.15, 0.2) is 25.3 Å². The highest BCUT2D eigenvalue weighted by Gasteiger charge is 2.07. The molecule has 0 saturated heterocycles. The molecule has 0 N–H and O–H groups in total. The van der Waals surface area contributed by atoms with Gasteiger partial charge in [0, 0.05) is 9.93 Å². The summed E-state index contributed by atoms with van der Waals surface area (Å²) in [6, 6.07) is 0. The highest BCUT2D eigenvalue weighted by molar-refractivity contribution is 4.69. The summed E-state index contributed by atoms with van der Waals surface area (Å²) >= 11 is 0. The fourth-order valence-corrected chi connectivity index (χ4v) is 0.774. The Balaban J connectivity index is -0.000000249. The van der Waals surface area contributed by atoms with E-state index in [0.29, 0.717) is 0 Å². The lowest BCUT2D eigenvalue weighted by molar-refractivity contribution is -0.878. The maximum Gasteiger partial charge on any atom is 0.0969 e. The minimum atomic E-state index is 0. The number of quaternary nitrogens is 1. The van der Waals surface area contributed by atoms with Crippen molar-refractivity contribution in [3.8, 4) is 0 Å². The molecule has 72 valence electrons. The third-order valence-corrected chi connectivity index (χ3v) is 1.25. The van der Waals surface area contributed by atoms with Gasteiger partial charge < -0.3 is 16.9 Å². The Morgan fingerprint density at radius 2 is 1.33 bits per heavy atom. The summed E-state index contributed by atoms with van der Waals surface area (Å²) in [7, 11) is 4.31. The third kappa shape index (κ3) is 12.0. The molecular weight excluding hydrogens is 178 g/mol. The van der Waals surface area contributed by atoms with Crippen LogP contribution in [0.25, 0.3) is 0 Å². The predicted octanol–water partition coefficient (Wildman–Crippen LogP) is -1.49. The molecule has 0 fully saturated rings. The van der Waals surface area contributed by atoms with Crippen molar-refractivity contribution >= 4 is 0 Å². The Labute approximate surface area is 80.0 Å². The average molecular weight is 194 g/mol. The molecule has 3 nitrogen and oxygen atoms in total. The molecule has 0 aliphatic heterocycles. The van der Waals surface area contributed by atoms with Gasteiger partial charge in [-0.1, -0.05) is 13.2 Å². The van der Waals surface area contributed by atoms with Crippen molar-refractivity contribution in [2.75, 3.05) is 27.2 Å². The molecule has 0 saturated carbocycles. The van der Waals surface area contributed by atoms with Crippen LogP contribution in [-0.2, 0) is 0 Å². The normalized spacial score (nSPS) is 8.50. The van der Waals surface area contributed by atoms with Crippen LogP contribution in [0.4, 0.5) is 0 Å². The van der Waals surface area contributed by atoms with E-state index in [1.54, 1.807) is 0 Å². The summed E-state index contributed by atoms with van der Waals surface area (Å²) in [4.78, 5) is 14.0. The summed E-state index contributed by atoms with van der Waals surface area (Å²) in [6.07, 6.45) is 3.87. The van der Waals surface area contributed by atoms with Crippen molar-refractivity contribution in [3.63, 3.8) is 0 Å². The van der Waals surface area contributed by atoms with E-state index in [2.05, 4.69) is 27.3 Å². The van der Waals surface area contributed by atoms with Gasteiger partial charge in [0.15, 0.2) is 0 Å². The monoisotopic (exact) mass is 193 g/mol. The molecule has 0 atom stereocenters. The fourth-order valence-electron chi connectivity index (χ4n) is 0.774. The minimum Gasteiger partial charge on any atom is -1.00 e. The van der Waals surface area contributed by atoms with Crippen LogP contribution < -0.4 is 12.4 Å². The van der Waals surface area contributed by atoms with Gasteiger partial charge in [-0.2, -0.15) is 0 Å². The van der Waals surface area contributed by atoms with Crippen LogP contribution in [0, 0.1) is 9.93 Å². The first kappa shape index (κ1) is 17.4. The molecule has 0 unspecified atom stereocenters. The molecule has 0 aliphatic rings. The lowest BCUT2D eigenvalue weighted by atomic mass is 10.4. The van der Waals surface area contributed by atoms with Gasteiger partial charge in [0.1, 0.15) is 0 Å². The molecular formula is C8H16ClNO2. The van der Waals surface area contributed by atoms with E-state index in [9.17, 15) is 0 Å². The zero-order valence-electron chi connectivity index (χ0n) is 7.62. The summed E-state index contributed by atoms with van der Waals surface area (Å²) in [5.41, 5.74) is 0. The van der Waals surface area contributed by atoms with Crippen LogP contribution in [0.5, 0.6) is 0 Å². The maximum absolute atomic E-state index is 7.00. The lowest BCUT2D eigenvalue weighted by Crippen LogP contribution is -3.00. The number of hydrogen-bond donors (Lipinski definition) is 0. The van der Waals surface area contributed by atoms with Gasteiger partial charge in [0.2, 0.25) is 0 Å². The highest BCUT2D eigenvalue weighted by Crippen LogP contribution is 1.95. The Bertz CT molecular complexity index is 114. The van der Waals surface area contributed by atoms with Crippen LogP contribution in [0.1, 0.15) is 0 Å². The second-order valence-corrected chi connectivity index (χ2v) is 2.88. The standard InChI is InChI=1S/C8H16N.ClH.O2/c1-5-7-9(3,4)8-6-2;;1-2/h5-6H,1-2,7-8H2,3-4H3;1H;/q+1;;/p-1. The van der Waals surface area contributed by atoms with Gasteiger partial charge >= 0.3 is 0 Å². The van der Waals surface area contributed by atoms with Crippen molar-refractivity contribution in [1.29, 1.82) is 0 Å². The number of rotatable bonds is 4. The van der Waals surface area contributed by atoms with Gasteiger partial charge in [-0.3, -0.25) is 0 Å². The molecule has 0 aromatic rings. The van der Waals surface area contributed by atoms with Gasteiger partial charge in [-0.15, -0.1) is 0 Å². The van der Waals surface area contributed by atoms with E-state index in [0.717, 1.165) is 17.6 Å². The smallest absolute Gasteiger partial charge is 0.0969 e. The van der Waals surface area contributed by atoms with E-state index < -0.39 is 0 Å². The number of halogens is 1. The van der Waals surface area contributed by atoms with Crippen molar-refractivity contribution in [3.05, 3.63) is 35.2 Å². The van der Waals surface area contributed by atoms with Crippen molar-refractivity contribution in [1.82, 2.24) is 0 Å². The van der Waals surface area contributed by atoms with Gasteiger partial charge in [-0.05, 0) is 12.2 Å². The number of likely N-dealkylation sites (N-methyl/N-ethyl adjacent to an activating group) is 1. The second-order valence-electron chi connectivity index (χ2n) is 2.88. The van der Waals surface area contributed by atoms with Gasteiger partial charge in [0.25, 0.3) is 0 Å². The molecule has 0 amide bonds. The van der Waals surface area contributed by atoms with E-state index >= 15 is 0 Å². The van der Waals surface area contributed by atoms with Crippen molar-refractivity contribution in [2.24, 2.45) is 0 Å². The Hall–Kier alpha value is -0.670. The first-order valence-corrected chi connectivity index (χ1v) is 3.33. The van der Waals surface area contributed by atoms with Crippen LogP contribution in [0.2, 0.25) is 0 Å². The van der Waals surface area contributed by atoms with Gasteiger partial charge in [0.05, 0.1) is 27.2 Å². The average Bonchev–Trinajstić information content (AvgIpc) is 1.91. The Morgan fingerprint density at radius 1 is 1.08 bits per heavy atom. The fraction of sp³-hybridized carbons (Fsp3) is 0.500. The highest BCUT2D eigenvalue weighted by atomic mass is 35.5. The molecule has 0 radical (unpaired) electrons. The van der Waals surface area contributed by atoms with E-state index in [1.807, 2.05) is 12.2 Å². The minimum absolute atomic E-state index is 0. The van der Waals surface area contributed by atoms with Crippen LogP contribution in [0.3, 0.4) is 0 Å². The quantitative estimate of drug-likeness (QED) is 0.403. The lowest BCUT2D eigenvalue weighted by Gasteiger charge is -2.26. The Morgan fingerprint density at radius 3 is 1.50 bits per heavy atom. The summed E-state index contributed by atoms with van der Waals surface area (Å²) in [5.74, 6) is 0. The predicted molar refractivity (Wildman–Crippen MR) is 49.0 cm³/mol. The molecule has 12 heavy (non-hydrogen) atoms. The topological polar surface area (TPSA) is 34.1 Å². The molecule has 0 aromatic carbocycles. The largest absolute Gasteiger partial charge is 1.00 e. The van der Waals surface area contributed by atoms with Crippen LogP contribution in [-0.4, -0.2) is 31.7 Å². The third-order valence-electron chi connectivity index (χ3n) is 1.25. The van der Waals surface area contributed by atoms with Crippen LogP contribution >= 0.6 is 0 Å². The second kappa shape index (κ2) is 10.3. The number of hydrogen-bond acceptors (Lipinski definition) is 2. The molecule has 0 spiro atoms. The van der Waals surface area contributed by atoms with E-state index in [-0.39, 0.29) is 12.4 Å². The summed E-state index contributed by atoms with van der Waals surface area (Å²) in [5, 5.41) is 0. The summed E-state index contributed by atoms with van der Waals surface area (Å²) in [6.45, 7) is 9.37. The molecule has 0 heterocycles.